The Hall–Kier alpha value is -3.48. The van der Waals surface area contributed by atoms with E-state index in [1.54, 1.807) is 25.1 Å². The first-order valence-electron chi connectivity index (χ1n) is 8.28. The van der Waals surface area contributed by atoms with Crippen molar-refractivity contribution in [3.63, 3.8) is 0 Å². The third-order valence-corrected chi connectivity index (χ3v) is 3.82. The number of carbonyl (C=O) groups excluding carboxylic acids is 1. The van der Waals surface area contributed by atoms with Crippen LogP contribution in [0.5, 0.6) is 17.2 Å². The van der Waals surface area contributed by atoms with Gasteiger partial charge < -0.3 is 24.1 Å². The van der Waals surface area contributed by atoms with Crippen LogP contribution in [0.3, 0.4) is 0 Å². The van der Waals surface area contributed by atoms with Crippen LogP contribution in [0, 0.1) is 6.92 Å². The van der Waals surface area contributed by atoms with Gasteiger partial charge in [-0.25, -0.2) is 0 Å². The van der Waals surface area contributed by atoms with E-state index in [1.165, 1.54) is 14.2 Å². The number of aromatic nitrogens is 1. The Morgan fingerprint density at radius 3 is 2.30 bits per heavy atom. The summed E-state index contributed by atoms with van der Waals surface area (Å²) in [5, 5.41) is 6.42. The third kappa shape index (κ3) is 4.38. The van der Waals surface area contributed by atoms with Crippen molar-refractivity contribution in [2.24, 2.45) is 0 Å². The SMILES string of the molecule is COc1cc(C(=O)Nc2cc(C)on2)cc(OC)c1OCc1ccccc1. The maximum Gasteiger partial charge on any atom is 0.257 e. The van der Waals surface area contributed by atoms with E-state index in [2.05, 4.69) is 10.5 Å². The lowest BCUT2D eigenvalue weighted by Crippen LogP contribution is -2.13. The zero-order valence-corrected chi connectivity index (χ0v) is 15.3. The van der Waals surface area contributed by atoms with Crippen LogP contribution in [-0.2, 0) is 6.61 Å². The number of rotatable bonds is 7. The molecule has 1 aromatic heterocycles. The van der Waals surface area contributed by atoms with Crippen molar-refractivity contribution in [3.05, 3.63) is 65.4 Å². The molecule has 0 atom stereocenters. The van der Waals surface area contributed by atoms with Crippen molar-refractivity contribution in [1.29, 1.82) is 0 Å². The predicted octanol–water partition coefficient (Wildman–Crippen LogP) is 3.83. The van der Waals surface area contributed by atoms with E-state index in [1.807, 2.05) is 30.3 Å². The van der Waals surface area contributed by atoms with Gasteiger partial charge in [-0.3, -0.25) is 4.79 Å². The lowest BCUT2D eigenvalue weighted by atomic mass is 10.1. The minimum absolute atomic E-state index is 0.333. The van der Waals surface area contributed by atoms with E-state index in [9.17, 15) is 4.79 Å². The van der Waals surface area contributed by atoms with E-state index < -0.39 is 0 Å². The molecule has 0 aliphatic carbocycles. The van der Waals surface area contributed by atoms with Gasteiger partial charge in [0.2, 0.25) is 5.75 Å². The Kier molecular flexibility index (Phi) is 5.61. The Labute approximate surface area is 156 Å². The van der Waals surface area contributed by atoms with Gasteiger partial charge in [0.05, 0.1) is 14.2 Å². The molecule has 1 heterocycles. The van der Waals surface area contributed by atoms with E-state index in [4.69, 9.17) is 18.7 Å². The monoisotopic (exact) mass is 368 g/mol. The molecule has 0 saturated carbocycles. The molecule has 2 aromatic carbocycles. The van der Waals surface area contributed by atoms with Gasteiger partial charge >= 0.3 is 0 Å². The fourth-order valence-corrected chi connectivity index (χ4v) is 2.50. The molecule has 3 aromatic rings. The second-order valence-electron chi connectivity index (χ2n) is 5.76. The molecule has 0 spiro atoms. The maximum atomic E-state index is 12.5. The summed E-state index contributed by atoms with van der Waals surface area (Å²) in [6, 6.07) is 14.5. The standard InChI is InChI=1S/C20H20N2O5/c1-13-9-18(22-27-13)21-20(23)15-10-16(24-2)19(17(11-15)25-3)26-12-14-7-5-4-6-8-14/h4-11H,12H2,1-3H3,(H,21,22,23). The summed E-state index contributed by atoms with van der Waals surface area (Å²) in [4.78, 5) is 12.5. The number of aryl methyl sites for hydroxylation is 1. The van der Waals surface area contributed by atoms with E-state index in [0.717, 1.165) is 5.56 Å². The molecule has 140 valence electrons. The molecular weight excluding hydrogens is 348 g/mol. The Morgan fingerprint density at radius 1 is 1.07 bits per heavy atom. The largest absolute Gasteiger partial charge is 0.493 e. The number of nitrogens with zero attached hydrogens (tertiary/aromatic N) is 1. The number of carbonyl (C=O) groups is 1. The fourth-order valence-electron chi connectivity index (χ4n) is 2.50. The first kappa shape index (κ1) is 18.3. The number of amides is 1. The van der Waals surface area contributed by atoms with Gasteiger partial charge in [-0.15, -0.1) is 0 Å². The number of nitrogens with one attached hydrogen (secondary N) is 1. The van der Waals surface area contributed by atoms with Crippen molar-refractivity contribution in [3.8, 4) is 17.2 Å². The number of hydrogen-bond donors (Lipinski definition) is 1. The lowest BCUT2D eigenvalue weighted by Gasteiger charge is -2.16. The summed E-state index contributed by atoms with van der Waals surface area (Å²) in [7, 11) is 3.01. The van der Waals surface area contributed by atoms with Crippen LogP contribution < -0.4 is 19.5 Å². The molecule has 0 unspecified atom stereocenters. The average molecular weight is 368 g/mol. The minimum atomic E-state index is -0.366. The zero-order chi connectivity index (χ0) is 19.2. The van der Waals surface area contributed by atoms with Crippen LogP contribution >= 0.6 is 0 Å². The summed E-state index contributed by atoms with van der Waals surface area (Å²) < 4.78 is 21.6. The van der Waals surface area contributed by atoms with Crippen LogP contribution in [0.1, 0.15) is 21.7 Å². The summed E-state index contributed by atoms with van der Waals surface area (Å²) in [5.74, 6) is 1.79. The smallest absolute Gasteiger partial charge is 0.257 e. The van der Waals surface area contributed by atoms with E-state index >= 15 is 0 Å². The molecule has 1 amide bonds. The van der Waals surface area contributed by atoms with E-state index in [0.29, 0.717) is 41.0 Å². The first-order valence-corrected chi connectivity index (χ1v) is 8.28. The zero-order valence-electron chi connectivity index (χ0n) is 15.3. The highest BCUT2D eigenvalue weighted by Crippen LogP contribution is 2.39. The molecule has 7 nitrogen and oxygen atoms in total. The normalized spacial score (nSPS) is 10.3. The Morgan fingerprint density at radius 2 is 1.74 bits per heavy atom. The molecule has 27 heavy (non-hydrogen) atoms. The Bertz CT molecular complexity index is 896. The number of anilines is 1. The number of hydrogen-bond acceptors (Lipinski definition) is 6. The predicted molar refractivity (Wildman–Crippen MR) is 99.5 cm³/mol. The Balaban J connectivity index is 1.83. The molecule has 0 aliphatic rings. The van der Waals surface area contributed by atoms with Crippen LogP contribution in [0.4, 0.5) is 5.82 Å². The van der Waals surface area contributed by atoms with Gasteiger partial charge in [-0.05, 0) is 24.6 Å². The quantitative estimate of drug-likeness (QED) is 0.682. The van der Waals surface area contributed by atoms with Gasteiger partial charge in [-0.2, -0.15) is 0 Å². The highest BCUT2D eigenvalue weighted by atomic mass is 16.5. The summed E-state index contributed by atoms with van der Waals surface area (Å²) in [5.41, 5.74) is 1.35. The molecule has 7 heteroatoms. The third-order valence-electron chi connectivity index (χ3n) is 3.82. The second-order valence-corrected chi connectivity index (χ2v) is 5.76. The lowest BCUT2D eigenvalue weighted by molar-refractivity contribution is 0.102. The molecule has 3 rings (SSSR count). The second kappa shape index (κ2) is 8.27. The molecule has 0 bridgehead atoms. The van der Waals surface area contributed by atoms with Gasteiger partial charge in [0.25, 0.3) is 5.91 Å². The first-order chi connectivity index (χ1) is 13.1. The molecule has 0 fully saturated rings. The average Bonchev–Trinajstić information content (AvgIpc) is 3.10. The van der Waals surface area contributed by atoms with Gasteiger partial charge in [-0.1, -0.05) is 35.5 Å². The maximum absolute atomic E-state index is 12.5. The minimum Gasteiger partial charge on any atom is -0.493 e. The van der Waals surface area contributed by atoms with Gasteiger partial charge in [0.1, 0.15) is 12.4 Å². The number of ether oxygens (including phenoxy) is 3. The van der Waals surface area contributed by atoms with Crippen molar-refractivity contribution in [2.45, 2.75) is 13.5 Å². The van der Waals surface area contributed by atoms with Crippen molar-refractivity contribution in [2.75, 3.05) is 19.5 Å². The molecular formula is C20H20N2O5. The van der Waals surface area contributed by atoms with Crippen LogP contribution in [-0.4, -0.2) is 25.3 Å². The topological polar surface area (TPSA) is 82.8 Å². The van der Waals surface area contributed by atoms with Crippen molar-refractivity contribution in [1.82, 2.24) is 5.16 Å². The van der Waals surface area contributed by atoms with Crippen molar-refractivity contribution < 1.29 is 23.5 Å². The number of methoxy groups -OCH3 is 2. The number of benzene rings is 2. The summed E-state index contributed by atoms with van der Waals surface area (Å²) in [6.45, 7) is 2.09. The summed E-state index contributed by atoms with van der Waals surface area (Å²) >= 11 is 0. The summed E-state index contributed by atoms with van der Waals surface area (Å²) in [6.07, 6.45) is 0. The van der Waals surface area contributed by atoms with E-state index in [-0.39, 0.29) is 5.91 Å². The van der Waals surface area contributed by atoms with Crippen LogP contribution in [0.2, 0.25) is 0 Å². The fraction of sp³-hybridized carbons (Fsp3) is 0.200. The highest BCUT2D eigenvalue weighted by molar-refractivity contribution is 6.04. The van der Waals surface area contributed by atoms with Gasteiger partial charge in [0, 0.05) is 11.6 Å². The van der Waals surface area contributed by atoms with Crippen molar-refractivity contribution >= 4 is 11.7 Å². The molecule has 0 saturated heterocycles. The molecule has 0 radical (unpaired) electrons. The van der Waals surface area contributed by atoms with Crippen LogP contribution in [0.25, 0.3) is 0 Å². The van der Waals surface area contributed by atoms with Gasteiger partial charge in [0.15, 0.2) is 17.3 Å². The highest BCUT2D eigenvalue weighted by Gasteiger charge is 2.18. The van der Waals surface area contributed by atoms with Crippen LogP contribution in [0.15, 0.2) is 53.1 Å². The molecule has 1 N–H and O–H groups in total. The molecule has 0 aliphatic heterocycles.